The lowest BCUT2D eigenvalue weighted by Crippen LogP contribution is -2.36. The molecule has 1 atom stereocenters. The van der Waals surface area contributed by atoms with Crippen LogP contribution in [0.15, 0.2) is 42.5 Å². The minimum Gasteiger partial charge on any atom is -0.478 e. The molecule has 0 aliphatic carbocycles. The first-order chi connectivity index (χ1) is 13.7. The van der Waals surface area contributed by atoms with E-state index in [0.717, 1.165) is 6.26 Å². The molecule has 0 bridgehead atoms. The molecule has 0 saturated heterocycles. The molecule has 2 aromatic rings. The first-order valence-electron chi connectivity index (χ1n) is 8.62. The first kappa shape index (κ1) is 20.9. The van der Waals surface area contributed by atoms with Crippen molar-refractivity contribution in [2.75, 3.05) is 29.5 Å². The molecule has 154 valence electrons. The molecular formula is C19H19ClN2O6S. The highest BCUT2D eigenvalue weighted by Crippen LogP contribution is 2.36. The fourth-order valence-corrected chi connectivity index (χ4v) is 4.05. The van der Waals surface area contributed by atoms with Crippen molar-refractivity contribution in [3.8, 4) is 5.75 Å². The molecule has 0 radical (unpaired) electrons. The van der Waals surface area contributed by atoms with E-state index in [9.17, 15) is 18.0 Å². The predicted molar refractivity (Wildman–Crippen MR) is 109 cm³/mol. The number of rotatable bonds is 4. The summed E-state index contributed by atoms with van der Waals surface area (Å²) in [5, 5.41) is 3.04. The van der Waals surface area contributed by atoms with Crippen LogP contribution in [-0.4, -0.2) is 46.3 Å². The monoisotopic (exact) mass is 438 g/mol. The highest BCUT2D eigenvalue weighted by atomic mass is 35.5. The number of sulfonamides is 1. The highest BCUT2D eigenvalue weighted by molar-refractivity contribution is 7.92. The molecule has 2 aromatic carbocycles. The average molecular weight is 439 g/mol. The Morgan fingerprint density at radius 1 is 1.24 bits per heavy atom. The van der Waals surface area contributed by atoms with E-state index in [0.29, 0.717) is 10.7 Å². The molecule has 1 aliphatic rings. The van der Waals surface area contributed by atoms with Gasteiger partial charge in [-0.3, -0.25) is 9.10 Å². The van der Waals surface area contributed by atoms with Crippen LogP contribution in [0.25, 0.3) is 0 Å². The summed E-state index contributed by atoms with van der Waals surface area (Å²) >= 11 is 6.01. The van der Waals surface area contributed by atoms with E-state index in [4.69, 9.17) is 16.3 Å². The molecule has 0 aromatic heterocycles. The number of carbonyl (C=O) groups is 2. The van der Waals surface area contributed by atoms with Crippen molar-refractivity contribution in [1.82, 2.24) is 0 Å². The van der Waals surface area contributed by atoms with Gasteiger partial charge >= 0.3 is 5.97 Å². The van der Waals surface area contributed by atoms with E-state index in [-0.39, 0.29) is 30.0 Å². The van der Waals surface area contributed by atoms with Gasteiger partial charge < -0.3 is 14.8 Å². The average Bonchev–Trinajstić information content (AvgIpc) is 2.86. The zero-order valence-electron chi connectivity index (χ0n) is 15.7. The summed E-state index contributed by atoms with van der Waals surface area (Å²) in [6, 6.07) is 10.8. The Morgan fingerprint density at radius 2 is 2.00 bits per heavy atom. The van der Waals surface area contributed by atoms with Gasteiger partial charge in [0.05, 0.1) is 24.6 Å². The molecule has 0 unspecified atom stereocenters. The second kappa shape index (κ2) is 8.30. The van der Waals surface area contributed by atoms with Crippen LogP contribution >= 0.6 is 11.6 Å². The number of hydrogen-bond donors (Lipinski definition) is 1. The number of nitrogens with zero attached hydrogens (tertiary/aromatic N) is 1. The topological polar surface area (TPSA) is 102 Å². The van der Waals surface area contributed by atoms with E-state index in [1.54, 1.807) is 24.3 Å². The van der Waals surface area contributed by atoms with Crippen molar-refractivity contribution in [1.29, 1.82) is 0 Å². The Kier molecular flexibility index (Phi) is 5.99. The Bertz CT molecular complexity index is 1060. The maximum absolute atomic E-state index is 12.8. The van der Waals surface area contributed by atoms with Crippen LogP contribution in [-0.2, 0) is 19.6 Å². The van der Waals surface area contributed by atoms with Crippen LogP contribution in [0.5, 0.6) is 5.75 Å². The van der Waals surface area contributed by atoms with Gasteiger partial charge in [-0.1, -0.05) is 17.7 Å². The van der Waals surface area contributed by atoms with E-state index in [2.05, 4.69) is 10.1 Å². The largest absolute Gasteiger partial charge is 0.478 e. The number of fused-ring (bicyclic) bond motifs is 1. The van der Waals surface area contributed by atoms with E-state index in [1.165, 1.54) is 29.6 Å². The Labute approximate surface area is 173 Å². The number of methoxy groups -OCH3 is 1. The quantitative estimate of drug-likeness (QED) is 0.736. The fourth-order valence-electron chi connectivity index (χ4n) is 2.95. The van der Waals surface area contributed by atoms with Crippen LogP contribution in [0.1, 0.15) is 16.8 Å². The number of carbonyl (C=O) groups excluding carboxylic acids is 2. The van der Waals surface area contributed by atoms with Gasteiger partial charge in [-0.2, -0.15) is 0 Å². The standard InChI is InChI=1S/C19H19ClN2O6S/c1-27-19(24)12-4-3-5-14(10-12)21-18(23)17-8-9-22(29(2,25)26)15-11-13(20)6-7-16(15)28-17/h3-7,10-11,17H,8-9H2,1-2H3,(H,21,23)/t17-/m0/s1. The maximum Gasteiger partial charge on any atom is 0.337 e. The molecule has 1 N–H and O–H groups in total. The molecule has 3 rings (SSSR count). The normalized spacial score (nSPS) is 16.2. The van der Waals surface area contributed by atoms with Crippen molar-refractivity contribution in [2.24, 2.45) is 0 Å². The number of benzene rings is 2. The van der Waals surface area contributed by atoms with Gasteiger partial charge in [0.1, 0.15) is 5.75 Å². The zero-order chi connectivity index (χ0) is 21.2. The minimum atomic E-state index is -3.59. The lowest BCUT2D eigenvalue weighted by Gasteiger charge is -2.21. The molecular weight excluding hydrogens is 420 g/mol. The molecule has 0 spiro atoms. The molecule has 0 fully saturated rings. The number of esters is 1. The highest BCUT2D eigenvalue weighted by Gasteiger charge is 2.31. The Morgan fingerprint density at radius 3 is 2.69 bits per heavy atom. The van der Waals surface area contributed by atoms with Crippen molar-refractivity contribution in [2.45, 2.75) is 12.5 Å². The van der Waals surface area contributed by atoms with Crippen molar-refractivity contribution in [3.05, 3.63) is 53.1 Å². The lowest BCUT2D eigenvalue weighted by atomic mass is 10.2. The van der Waals surface area contributed by atoms with Gasteiger partial charge in [0.25, 0.3) is 5.91 Å². The van der Waals surface area contributed by atoms with E-state index < -0.39 is 28.0 Å². The van der Waals surface area contributed by atoms with Crippen LogP contribution in [0, 0.1) is 0 Å². The van der Waals surface area contributed by atoms with Crippen molar-refractivity contribution >= 4 is 44.9 Å². The minimum absolute atomic E-state index is 0.0481. The van der Waals surface area contributed by atoms with Gasteiger partial charge in [-0.05, 0) is 36.4 Å². The van der Waals surface area contributed by atoms with Gasteiger partial charge in [0.2, 0.25) is 10.0 Å². The molecule has 1 amide bonds. The maximum atomic E-state index is 12.8. The number of amides is 1. The summed E-state index contributed by atoms with van der Waals surface area (Å²) in [6.07, 6.45) is 0.265. The number of halogens is 1. The Hall–Kier alpha value is -2.78. The SMILES string of the molecule is COC(=O)c1cccc(NC(=O)[C@@H]2CCN(S(C)(=O)=O)c3cc(Cl)ccc3O2)c1. The fraction of sp³-hybridized carbons (Fsp3) is 0.263. The van der Waals surface area contributed by atoms with E-state index in [1.807, 2.05) is 0 Å². The summed E-state index contributed by atoms with van der Waals surface area (Å²) in [5.41, 5.74) is 0.959. The zero-order valence-corrected chi connectivity index (χ0v) is 17.3. The van der Waals surface area contributed by atoms with Gasteiger partial charge in [0, 0.05) is 23.7 Å². The third-order valence-corrected chi connectivity index (χ3v) is 5.71. The third-order valence-electron chi connectivity index (χ3n) is 4.30. The molecule has 1 aliphatic heterocycles. The number of anilines is 2. The molecule has 10 heteroatoms. The van der Waals surface area contributed by atoms with E-state index >= 15 is 0 Å². The van der Waals surface area contributed by atoms with Crippen LogP contribution < -0.4 is 14.4 Å². The van der Waals surface area contributed by atoms with Crippen LogP contribution in [0.2, 0.25) is 5.02 Å². The lowest BCUT2D eigenvalue weighted by molar-refractivity contribution is -0.122. The van der Waals surface area contributed by atoms with Crippen molar-refractivity contribution < 1.29 is 27.5 Å². The molecule has 29 heavy (non-hydrogen) atoms. The molecule has 0 saturated carbocycles. The van der Waals surface area contributed by atoms with Crippen LogP contribution in [0.3, 0.4) is 0 Å². The predicted octanol–water partition coefficient (Wildman–Crippen LogP) is 2.68. The Balaban J connectivity index is 1.84. The summed E-state index contributed by atoms with van der Waals surface area (Å²) in [7, 11) is -2.33. The second-order valence-corrected chi connectivity index (χ2v) is 8.75. The summed E-state index contributed by atoms with van der Waals surface area (Å²) in [5.74, 6) is -0.759. The summed E-state index contributed by atoms with van der Waals surface area (Å²) in [6.45, 7) is 0.0481. The van der Waals surface area contributed by atoms with Gasteiger partial charge in [-0.25, -0.2) is 13.2 Å². The molecule has 1 heterocycles. The summed E-state index contributed by atoms with van der Waals surface area (Å²) < 4.78 is 36.0. The third kappa shape index (κ3) is 4.80. The number of hydrogen-bond acceptors (Lipinski definition) is 6. The van der Waals surface area contributed by atoms with Crippen molar-refractivity contribution in [3.63, 3.8) is 0 Å². The van der Waals surface area contributed by atoms with Gasteiger partial charge in [0.15, 0.2) is 6.10 Å². The molecule has 8 nitrogen and oxygen atoms in total. The number of nitrogens with one attached hydrogen (secondary N) is 1. The summed E-state index contributed by atoms with van der Waals surface area (Å²) in [4.78, 5) is 24.4. The number of ether oxygens (including phenoxy) is 2. The van der Waals surface area contributed by atoms with Crippen LogP contribution in [0.4, 0.5) is 11.4 Å². The van der Waals surface area contributed by atoms with Gasteiger partial charge in [-0.15, -0.1) is 0 Å². The smallest absolute Gasteiger partial charge is 0.337 e. The second-order valence-electron chi connectivity index (χ2n) is 6.40. The first-order valence-corrected chi connectivity index (χ1v) is 10.8.